The Morgan fingerprint density at radius 1 is 1.45 bits per heavy atom. The standard InChI is InChI=1S/C2H7N.C2H4O2.CH5N3/c1-3-2;1-2(3)4;2-1(3)4/h3H,1-2H3;1H3,(H,3,4);(H5,2,3,4). The van der Waals surface area contributed by atoms with Crippen LogP contribution in [0.4, 0.5) is 0 Å². The van der Waals surface area contributed by atoms with Crippen molar-refractivity contribution in [2.45, 2.75) is 6.92 Å². The molecule has 0 amide bonds. The maximum absolute atomic E-state index is 9.00. The number of nitrogens with two attached hydrogens (primary N) is 2. The van der Waals surface area contributed by atoms with Crippen LogP contribution in [0.5, 0.6) is 0 Å². The zero-order valence-electron chi connectivity index (χ0n) is 7.01. The molecular weight excluding hydrogens is 148 g/mol. The first-order valence-corrected chi connectivity index (χ1v) is 2.76. The van der Waals surface area contributed by atoms with Crippen LogP contribution in [0.25, 0.3) is 0 Å². The van der Waals surface area contributed by atoms with E-state index < -0.39 is 5.97 Å². The quantitative estimate of drug-likeness (QED) is 0.226. The fourth-order valence-corrected chi connectivity index (χ4v) is 0. The number of aliphatic carboxylic acids is 1. The minimum atomic E-state index is -0.833. The lowest BCUT2D eigenvalue weighted by Gasteiger charge is -1.69. The van der Waals surface area contributed by atoms with Gasteiger partial charge in [-0.05, 0) is 14.1 Å². The van der Waals surface area contributed by atoms with E-state index in [9.17, 15) is 0 Å². The van der Waals surface area contributed by atoms with Gasteiger partial charge in [0, 0.05) is 6.92 Å². The van der Waals surface area contributed by atoms with Gasteiger partial charge in [-0.1, -0.05) is 0 Å². The van der Waals surface area contributed by atoms with Crippen LogP contribution in [0.3, 0.4) is 0 Å². The first-order chi connectivity index (χ1) is 4.88. The average Bonchev–Trinajstić information content (AvgIpc) is 1.60. The lowest BCUT2D eigenvalue weighted by molar-refractivity contribution is -0.134. The maximum atomic E-state index is 9.00. The summed E-state index contributed by atoms with van der Waals surface area (Å²) >= 11 is 0. The van der Waals surface area contributed by atoms with Crippen molar-refractivity contribution in [1.82, 2.24) is 5.32 Å². The van der Waals surface area contributed by atoms with Gasteiger partial charge in [-0.15, -0.1) is 0 Å². The van der Waals surface area contributed by atoms with Crippen molar-refractivity contribution in [2.75, 3.05) is 14.1 Å². The molecule has 6 nitrogen and oxygen atoms in total. The fraction of sp³-hybridized carbons (Fsp3) is 0.600. The topological polar surface area (TPSA) is 125 Å². The molecule has 0 rings (SSSR count). The predicted octanol–water partition coefficient (Wildman–Crippen LogP) is -1.23. The summed E-state index contributed by atoms with van der Waals surface area (Å²) in [5, 5.41) is 16.2. The molecule has 0 aromatic carbocycles. The highest BCUT2D eigenvalue weighted by Gasteiger charge is 1.65. The van der Waals surface area contributed by atoms with E-state index in [0.29, 0.717) is 0 Å². The third-order valence-electron chi connectivity index (χ3n) is 0. The molecule has 0 saturated heterocycles. The molecule has 0 aromatic heterocycles. The number of nitrogens with one attached hydrogen (secondary N) is 2. The summed E-state index contributed by atoms with van der Waals surface area (Å²) in [4.78, 5) is 9.00. The van der Waals surface area contributed by atoms with E-state index in [-0.39, 0.29) is 5.96 Å². The molecule has 7 N–H and O–H groups in total. The second kappa shape index (κ2) is 15.9. The molecule has 6 heteroatoms. The maximum Gasteiger partial charge on any atom is 0.300 e. The van der Waals surface area contributed by atoms with Crippen molar-refractivity contribution in [3.05, 3.63) is 0 Å². The Morgan fingerprint density at radius 3 is 1.45 bits per heavy atom. The van der Waals surface area contributed by atoms with Crippen molar-refractivity contribution >= 4 is 11.9 Å². The summed E-state index contributed by atoms with van der Waals surface area (Å²) in [6.07, 6.45) is 0. The summed E-state index contributed by atoms with van der Waals surface area (Å²) in [7, 11) is 3.75. The van der Waals surface area contributed by atoms with Crippen LogP contribution in [0, 0.1) is 5.41 Å². The van der Waals surface area contributed by atoms with Crippen molar-refractivity contribution < 1.29 is 9.90 Å². The number of hydrogen-bond donors (Lipinski definition) is 5. The van der Waals surface area contributed by atoms with Gasteiger partial charge in [-0.3, -0.25) is 10.2 Å². The second-order valence-electron chi connectivity index (χ2n) is 1.47. The highest BCUT2D eigenvalue weighted by molar-refractivity contribution is 5.71. The molecule has 0 unspecified atom stereocenters. The molecule has 0 radical (unpaired) electrons. The van der Waals surface area contributed by atoms with Crippen molar-refractivity contribution in [3.63, 3.8) is 0 Å². The normalized spacial score (nSPS) is 6.09. The van der Waals surface area contributed by atoms with E-state index in [1.807, 2.05) is 14.1 Å². The Morgan fingerprint density at radius 2 is 1.45 bits per heavy atom. The monoisotopic (exact) mass is 164 g/mol. The lowest BCUT2D eigenvalue weighted by atomic mass is 10.9. The molecule has 11 heavy (non-hydrogen) atoms. The molecule has 0 aromatic rings. The number of hydrogen-bond acceptors (Lipinski definition) is 3. The van der Waals surface area contributed by atoms with Crippen LogP contribution >= 0.6 is 0 Å². The van der Waals surface area contributed by atoms with Crippen LogP contribution in [0.1, 0.15) is 6.92 Å². The second-order valence-corrected chi connectivity index (χ2v) is 1.47. The van der Waals surface area contributed by atoms with Crippen LogP contribution in [0.15, 0.2) is 0 Å². The molecule has 0 spiro atoms. The van der Waals surface area contributed by atoms with E-state index in [4.69, 9.17) is 15.3 Å². The highest BCUT2D eigenvalue weighted by atomic mass is 16.4. The first kappa shape index (κ1) is 16.4. The molecule has 0 aliphatic rings. The Kier molecular flexibility index (Phi) is 23.6. The Balaban J connectivity index is -0.0000000886. The fourth-order valence-electron chi connectivity index (χ4n) is 0. The minimum Gasteiger partial charge on any atom is -0.481 e. The number of rotatable bonds is 0. The van der Waals surface area contributed by atoms with Crippen LogP contribution in [-0.2, 0) is 4.79 Å². The third-order valence-corrected chi connectivity index (χ3v) is 0. The van der Waals surface area contributed by atoms with Crippen LogP contribution in [-0.4, -0.2) is 31.1 Å². The average molecular weight is 164 g/mol. The molecule has 0 heterocycles. The van der Waals surface area contributed by atoms with Gasteiger partial charge in [0.2, 0.25) is 0 Å². The van der Waals surface area contributed by atoms with E-state index in [1.54, 1.807) is 0 Å². The largest absolute Gasteiger partial charge is 0.481 e. The van der Waals surface area contributed by atoms with Gasteiger partial charge in [0.1, 0.15) is 0 Å². The van der Waals surface area contributed by atoms with Gasteiger partial charge in [0.25, 0.3) is 5.97 Å². The van der Waals surface area contributed by atoms with Crippen LogP contribution < -0.4 is 16.8 Å². The smallest absolute Gasteiger partial charge is 0.300 e. The van der Waals surface area contributed by atoms with Gasteiger partial charge < -0.3 is 21.9 Å². The van der Waals surface area contributed by atoms with Crippen molar-refractivity contribution in [1.29, 1.82) is 5.41 Å². The molecular formula is C5H16N4O2. The molecule has 0 bridgehead atoms. The zero-order chi connectivity index (χ0) is 9.86. The number of carboxylic acids is 1. The molecule has 68 valence electrons. The summed E-state index contributed by atoms with van der Waals surface area (Å²) in [5.74, 6) is -1.17. The van der Waals surface area contributed by atoms with E-state index in [0.717, 1.165) is 6.92 Å². The van der Waals surface area contributed by atoms with E-state index >= 15 is 0 Å². The van der Waals surface area contributed by atoms with Gasteiger partial charge >= 0.3 is 0 Å². The van der Waals surface area contributed by atoms with Crippen molar-refractivity contribution in [3.8, 4) is 0 Å². The highest BCUT2D eigenvalue weighted by Crippen LogP contribution is 1.42. The molecule has 0 saturated carbocycles. The Labute approximate surface area is 66.1 Å². The molecule has 0 fully saturated rings. The Hall–Kier alpha value is -1.30. The van der Waals surface area contributed by atoms with Crippen LogP contribution in [0.2, 0.25) is 0 Å². The summed E-state index contributed by atoms with van der Waals surface area (Å²) < 4.78 is 0. The SMILES string of the molecule is CC(=O)O.CNC.N=C(N)N. The number of guanidine groups is 1. The first-order valence-electron chi connectivity index (χ1n) is 2.76. The van der Waals surface area contributed by atoms with Gasteiger partial charge in [0.15, 0.2) is 5.96 Å². The summed E-state index contributed by atoms with van der Waals surface area (Å²) in [6.45, 7) is 1.08. The lowest BCUT2D eigenvalue weighted by Crippen LogP contribution is -2.20. The zero-order valence-corrected chi connectivity index (χ0v) is 7.01. The van der Waals surface area contributed by atoms with Gasteiger partial charge in [-0.25, -0.2) is 0 Å². The number of carboxylic acid groups (broad SMARTS) is 1. The Bertz CT molecular complexity index is 84.7. The van der Waals surface area contributed by atoms with E-state index in [2.05, 4.69) is 16.8 Å². The molecule has 0 aliphatic carbocycles. The van der Waals surface area contributed by atoms with Gasteiger partial charge in [-0.2, -0.15) is 0 Å². The van der Waals surface area contributed by atoms with Gasteiger partial charge in [0.05, 0.1) is 0 Å². The van der Waals surface area contributed by atoms with E-state index in [1.165, 1.54) is 0 Å². The number of carbonyl (C=O) groups is 1. The van der Waals surface area contributed by atoms with Crippen molar-refractivity contribution in [2.24, 2.45) is 11.5 Å². The molecule has 0 atom stereocenters. The predicted molar refractivity (Wildman–Crippen MR) is 44.4 cm³/mol. The summed E-state index contributed by atoms with van der Waals surface area (Å²) in [6, 6.07) is 0. The third kappa shape index (κ3) is 231. The molecule has 0 aliphatic heterocycles. The minimum absolute atomic E-state index is 0.333. The summed E-state index contributed by atoms with van der Waals surface area (Å²) in [5.41, 5.74) is 8.94.